The monoisotopic (exact) mass is 306 g/mol. The maximum Gasteiger partial charge on any atom is 0.192 e. The molecule has 116 valence electrons. The molecule has 1 atom stereocenters. The van der Waals surface area contributed by atoms with E-state index in [1.807, 2.05) is 12.1 Å². The Hall–Kier alpha value is -2.52. The van der Waals surface area contributed by atoms with Gasteiger partial charge in [-0.15, -0.1) is 0 Å². The van der Waals surface area contributed by atoms with Crippen molar-refractivity contribution < 1.29 is 14.7 Å². The van der Waals surface area contributed by atoms with Crippen LogP contribution in [-0.2, 0) is 0 Å². The number of rotatable bonds is 3. The maximum atomic E-state index is 12.6. The van der Waals surface area contributed by atoms with Crippen molar-refractivity contribution in [2.24, 2.45) is 0 Å². The van der Waals surface area contributed by atoms with Crippen molar-refractivity contribution >= 4 is 11.6 Å². The highest BCUT2D eigenvalue weighted by Crippen LogP contribution is 2.30. The number of aliphatic hydroxyl groups is 1. The minimum absolute atomic E-state index is 0.131. The van der Waals surface area contributed by atoms with Gasteiger partial charge in [-0.2, -0.15) is 0 Å². The van der Waals surface area contributed by atoms with Gasteiger partial charge in [-0.05, 0) is 23.1 Å². The zero-order valence-corrected chi connectivity index (χ0v) is 13.1. The van der Waals surface area contributed by atoms with Gasteiger partial charge < -0.3 is 5.11 Å². The van der Waals surface area contributed by atoms with Gasteiger partial charge >= 0.3 is 0 Å². The first-order valence-electron chi connectivity index (χ1n) is 7.66. The number of fused-ring (bicyclic) bond motifs is 1. The molecule has 0 spiro atoms. The second kappa shape index (κ2) is 5.94. The van der Waals surface area contributed by atoms with Crippen molar-refractivity contribution in [2.75, 3.05) is 0 Å². The molecule has 0 unspecified atom stereocenters. The van der Waals surface area contributed by atoms with Crippen LogP contribution in [-0.4, -0.2) is 16.7 Å². The van der Waals surface area contributed by atoms with E-state index < -0.39 is 6.10 Å². The van der Waals surface area contributed by atoms with E-state index in [1.54, 1.807) is 36.4 Å². The largest absolute Gasteiger partial charge is 0.384 e. The Kier molecular flexibility index (Phi) is 3.97. The minimum atomic E-state index is -1.10. The van der Waals surface area contributed by atoms with Gasteiger partial charge in [0, 0.05) is 16.7 Å². The van der Waals surface area contributed by atoms with Gasteiger partial charge in [-0.3, -0.25) is 9.59 Å². The van der Waals surface area contributed by atoms with Gasteiger partial charge in [0.1, 0.15) is 6.10 Å². The Morgan fingerprint density at radius 3 is 2.00 bits per heavy atom. The van der Waals surface area contributed by atoms with Crippen LogP contribution in [0.3, 0.4) is 0 Å². The molecule has 0 aliphatic heterocycles. The molecule has 3 rings (SSSR count). The molecule has 0 heterocycles. The molecule has 3 nitrogen and oxygen atoms in total. The molecule has 2 aromatic rings. The number of aliphatic hydroxyl groups excluding tert-OH is 1. The lowest BCUT2D eigenvalue weighted by atomic mass is 9.85. The van der Waals surface area contributed by atoms with Gasteiger partial charge in [-0.1, -0.05) is 62.4 Å². The van der Waals surface area contributed by atoms with E-state index in [4.69, 9.17) is 0 Å². The van der Waals surface area contributed by atoms with Crippen LogP contribution in [0.2, 0.25) is 0 Å². The topological polar surface area (TPSA) is 54.4 Å². The average Bonchev–Trinajstić information content (AvgIpc) is 2.57. The fourth-order valence-corrected chi connectivity index (χ4v) is 2.78. The van der Waals surface area contributed by atoms with E-state index in [0.717, 1.165) is 5.56 Å². The number of carbonyl (C=O) groups is 2. The fraction of sp³-hybridized carbons (Fsp3) is 0.200. The quantitative estimate of drug-likeness (QED) is 0.937. The first kappa shape index (κ1) is 15.4. The number of hydrogen-bond donors (Lipinski definition) is 1. The van der Waals surface area contributed by atoms with E-state index in [0.29, 0.717) is 22.6 Å². The standard InChI is InChI=1S/C20H18O3/c1-12(2)13-7-9-14(10-8-13)19(22)17-11-18(21)15-5-3-4-6-16(15)20(17)23/h3-12,19,22H,1-2H3/t19-/m0/s1. The summed E-state index contributed by atoms with van der Waals surface area (Å²) in [5.74, 6) is -0.140. The summed E-state index contributed by atoms with van der Waals surface area (Å²) in [7, 11) is 0. The molecule has 1 aliphatic rings. The number of allylic oxidation sites excluding steroid dienone is 1. The third kappa shape index (κ3) is 2.76. The molecule has 0 bridgehead atoms. The summed E-state index contributed by atoms with van der Waals surface area (Å²) in [6, 6.07) is 14.2. The van der Waals surface area contributed by atoms with E-state index in [9.17, 15) is 14.7 Å². The molecule has 0 fully saturated rings. The van der Waals surface area contributed by atoms with Gasteiger partial charge in [0.05, 0.1) is 0 Å². The lowest BCUT2D eigenvalue weighted by molar-refractivity contribution is 0.0947. The van der Waals surface area contributed by atoms with Crippen LogP contribution in [0.25, 0.3) is 0 Å². The number of carbonyl (C=O) groups excluding carboxylic acids is 2. The zero-order chi connectivity index (χ0) is 16.6. The third-order valence-corrected chi connectivity index (χ3v) is 4.20. The summed E-state index contributed by atoms with van der Waals surface area (Å²) in [6.45, 7) is 4.18. The van der Waals surface area contributed by atoms with Crippen molar-refractivity contribution in [3.05, 3.63) is 82.4 Å². The van der Waals surface area contributed by atoms with Crippen molar-refractivity contribution in [3.8, 4) is 0 Å². The highest BCUT2D eigenvalue weighted by Gasteiger charge is 2.29. The summed E-state index contributed by atoms with van der Waals surface area (Å²) < 4.78 is 0. The normalized spacial score (nSPS) is 15.4. The van der Waals surface area contributed by atoms with Crippen LogP contribution < -0.4 is 0 Å². The molecular weight excluding hydrogens is 288 g/mol. The molecule has 0 saturated heterocycles. The smallest absolute Gasteiger partial charge is 0.192 e. The molecule has 0 aromatic heterocycles. The number of hydrogen-bond acceptors (Lipinski definition) is 3. The minimum Gasteiger partial charge on any atom is -0.384 e. The molecule has 1 aliphatic carbocycles. The predicted octanol–water partition coefficient (Wildman–Crippen LogP) is 3.85. The molecule has 23 heavy (non-hydrogen) atoms. The first-order chi connectivity index (χ1) is 11.0. The predicted molar refractivity (Wildman–Crippen MR) is 88.7 cm³/mol. The van der Waals surface area contributed by atoms with E-state index in [-0.39, 0.29) is 17.1 Å². The molecular formula is C20H18O3. The Morgan fingerprint density at radius 2 is 1.39 bits per heavy atom. The average molecular weight is 306 g/mol. The second-order valence-corrected chi connectivity index (χ2v) is 6.06. The van der Waals surface area contributed by atoms with E-state index >= 15 is 0 Å². The first-order valence-corrected chi connectivity index (χ1v) is 7.66. The lowest BCUT2D eigenvalue weighted by Gasteiger charge is -2.20. The van der Waals surface area contributed by atoms with E-state index in [2.05, 4.69) is 13.8 Å². The zero-order valence-electron chi connectivity index (χ0n) is 13.1. The molecule has 0 saturated carbocycles. The molecule has 3 heteroatoms. The Labute approximate surface area is 135 Å². The van der Waals surface area contributed by atoms with Crippen LogP contribution in [0.15, 0.2) is 60.2 Å². The third-order valence-electron chi connectivity index (χ3n) is 4.20. The Morgan fingerprint density at radius 1 is 0.826 bits per heavy atom. The number of ketones is 2. The Balaban J connectivity index is 1.95. The molecule has 2 aromatic carbocycles. The van der Waals surface area contributed by atoms with Gasteiger partial charge in [0.25, 0.3) is 0 Å². The molecule has 0 radical (unpaired) electrons. The highest BCUT2D eigenvalue weighted by molar-refractivity contribution is 6.24. The summed E-state index contributed by atoms with van der Waals surface area (Å²) in [6.07, 6.45) is 0.159. The van der Waals surface area contributed by atoms with E-state index in [1.165, 1.54) is 6.08 Å². The summed E-state index contributed by atoms with van der Waals surface area (Å²) in [5, 5.41) is 10.5. The van der Waals surface area contributed by atoms with Gasteiger partial charge in [0.2, 0.25) is 0 Å². The second-order valence-electron chi connectivity index (χ2n) is 6.06. The van der Waals surface area contributed by atoms with Gasteiger partial charge in [0.15, 0.2) is 11.6 Å². The van der Waals surface area contributed by atoms with Crippen molar-refractivity contribution in [3.63, 3.8) is 0 Å². The van der Waals surface area contributed by atoms with Crippen molar-refractivity contribution in [1.82, 2.24) is 0 Å². The number of benzene rings is 2. The van der Waals surface area contributed by atoms with Crippen molar-refractivity contribution in [1.29, 1.82) is 0 Å². The summed E-state index contributed by atoms with van der Waals surface area (Å²) in [5.41, 5.74) is 2.65. The summed E-state index contributed by atoms with van der Waals surface area (Å²) in [4.78, 5) is 24.8. The number of Topliss-reactive ketones (excluding diaryl/α,β-unsaturated/α-hetero) is 1. The van der Waals surface area contributed by atoms with Crippen LogP contribution in [0.4, 0.5) is 0 Å². The lowest BCUT2D eigenvalue weighted by Crippen LogP contribution is -2.21. The Bertz CT molecular complexity index is 798. The van der Waals surface area contributed by atoms with Crippen LogP contribution in [0.5, 0.6) is 0 Å². The molecule has 0 amide bonds. The SMILES string of the molecule is CC(C)c1ccc([C@H](O)C2=CC(=O)c3ccccc3C2=O)cc1. The van der Waals surface area contributed by atoms with Crippen LogP contribution in [0.1, 0.15) is 57.7 Å². The summed E-state index contributed by atoms with van der Waals surface area (Å²) >= 11 is 0. The van der Waals surface area contributed by atoms with Crippen molar-refractivity contribution in [2.45, 2.75) is 25.9 Å². The fourth-order valence-electron chi connectivity index (χ4n) is 2.78. The van der Waals surface area contributed by atoms with Crippen LogP contribution >= 0.6 is 0 Å². The highest BCUT2D eigenvalue weighted by atomic mass is 16.3. The molecule has 1 N–H and O–H groups in total. The maximum absolute atomic E-state index is 12.6. The van der Waals surface area contributed by atoms with Gasteiger partial charge in [-0.25, -0.2) is 0 Å². The van der Waals surface area contributed by atoms with Crippen LogP contribution in [0, 0.1) is 0 Å².